The van der Waals surface area contributed by atoms with Gasteiger partial charge in [0.1, 0.15) is 6.04 Å². The molecule has 138 valence electrons. The summed E-state index contributed by atoms with van der Waals surface area (Å²) in [6, 6.07) is 3.11. The minimum absolute atomic E-state index is 0.0349. The molecule has 1 atom stereocenters. The number of amides is 3. The third-order valence-corrected chi connectivity index (χ3v) is 5.78. The van der Waals surface area contributed by atoms with Crippen LogP contribution < -0.4 is 16.0 Å². The summed E-state index contributed by atoms with van der Waals surface area (Å²) in [5, 5.41) is 8.36. The Kier molecular flexibility index (Phi) is 7.90. The summed E-state index contributed by atoms with van der Waals surface area (Å²) in [4.78, 5) is 36.5. The average molecular weight is 430 g/mol. The predicted octanol–water partition coefficient (Wildman–Crippen LogP) is 2.58. The Bertz CT molecular complexity index is 614. The first-order valence-corrected chi connectivity index (χ1v) is 10.2. The maximum Gasteiger partial charge on any atom is 0.262 e. The number of rotatable bonds is 7. The second-order valence-electron chi connectivity index (χ2n) is 6.24. The van der Waals surface area contributed by atoms with E-state index >= 15 is 0 Å². The van der Waals surface area contributed by atoms with Gasteiger partial charge in [-0.2, -0.15) is 0 Å². The summed E-state index contributed by atoms with van der Waals surface area (Å²) in [5.41, 5.74) is 0. The fourth-order valence-electron chi connectivity index (χ4n) is 2.77. The minimum atomic E-state index is -0.658. The van der Waals surface area contributed by atoms with Gasteiger partial charge in [-0.25, -0.2) is 0 Å². The molecule has 1 aliphatic carbocycles. The topological polar surface area (TPSA) is 87.3 Å². The molecule has 0 spiro atoms. The zero-order valence-electron chi connectivity index (χ0n) is 14.3. The number of hydrogen-bond donors (Lipinski definition) is 3. The van der Waals surface area contributed by atoms with Crippen LogP contribution in [0, 0.1) is 0 Å². The van der Waals surface area contributed by atoms with E-state index in [1.54, 1.807) is 19.1 Å². The van der Waals surface area contributed by atoms with Crippen LogP contribution in [0.25, 0.3) is 0 Å². The molecule has 1 heterocycles. The van der Waals surface area contributed by atoms with Crippen LogP contribution in [0.4, 0.5) is 0 Å². The lowest BCUT2D eigenvalue weighted by Crippen LogP contribution is -2.45. The molecule has 1 aromatic heterocycles. The van der Waals surface area contributed by atoms with Crippen molar-refractivity contribution in [2.75, 3.05) is 6.54 Å². The van der Waals surface area contributed by atoms with Gasteiger partial charge < -0.3 is 16.0 Å². The highest BCUT2D eigenvalue weighted by atomic mass is 79.9. The molecular weight excluding hydrogens is 406 g/mol. The van der Waals surface area contributed by atoms with Gasteiger partial charge >= 0.3 is 0 Å². The SMILES string of the molecule is CC(NC(=O)c1ccc(Br)s1)C(=O)NCCC(=O)NC1CCCCC1. The van der Waals surface area contributed by atoms with Crippen LogP contribution in [-0.2, 0) is 9.59 Å². The molecule has 25 heavy (non-hydrogen) atoms. The molecule has 0 radical (unpaired) electrons. The normalized spacial score (nSPS) is 16.1. The number of thiophene rings is 1. The van der Waals surface area contributed by atoms with Crippen LogP contribution in [0.3, 0.4) is 0 Å². The lowest BCUT2D eigenvalue weighted by atomic mass is 9.95. The van der Waals surface area contributed by atoms with Gasteiger partial charge in [-0.3, -0.25) is 14.4 Å². The largest absolute Gasteiger partial charge is 0.354 e. The lowest BCUT2D eigenvalue weighted by Gasteiger charge is -2.22. The lowest BCUT2D eigenvalue weighted by molar-refractivity contribution is -0.123. The van der Waals surface area contributed by atoms with Crippen LogP contribution in [0.1, 0.15) is 55.1 Å². The van der Waals surface area contributed by atoms with E-state index in [0.717, 1.165) is 16.6 Å². The summed E-state index contributed by atoms with van der Waals surface area (Å²) in [6.45, 7) is 1.89. The van der Waals surface area contributed by atoms with Crippen molar-refractivity contribution in [3.05, 3.63) is 20.8 Å². The first-order valence-electron chi connectivity index (χ1n) is 8.59. The van der Waals surface area contributed by atoms with Crippen molar-refractivity contribution >= 4 is 45.0 Å². The van der Waals surface area contributed by atoms with Crippen molar-refractivity contribution in [3.8, 4) is 0 Å². The number of nitrogens with one attached hydrogen (secondary N) is 3. The Hall–Kier alpha value is -1.41. The van der Waals surface area contributed by atoms with Gasteiger partial charge in [0, 0.05) is 19.0 Å². The Morgan fingerprint density at radius 1 is 1.24 bits per heavy atom. The predicted molar refractivity (Wildman–Crippen MR) is 102 cm³/mol. The Morgan fingerprint density at radius 2 is 1.96 bits per heavy atom. The summed E-state index contributed by atoms with van der Waals surface area (Å²) in [7, 11) is 0. The molecule has 3 N–H and O–H groups in total. The van der Waals surface area contributed by atoms with E-state index in [1.165, 1.54) is 30.6 Å². The number of hydrogen-bond acceptors (Lipinski definition) is 4. The zero-order chi connectivity index (χ0) is 18.2. The van der Waals surface area contributed by atoms with E-state index in [4.69, 9.17) is 0 Å². The van der Waals surface area contributed by atoms with Gasteiger partial charge in [-0.1, -0.05) is 19.3 Å². The van der Waals surface area contributed by atoms with Gasteiger partial charge in [0.15, 0.2) is 0 Å². The molecule has 6 nitrogen and oxygen atoms in total. The summed E-state index contributed by atoms with van der Waals surface area (Å²) >= 11 is 4.61. The minimum Gasteiger partial charge on any atom is -0.354 e. The molecular formula is C17H24BrN3O3S. The van der Waals surface area contributed by atoms with Crippen molar-refractivity contribution in [2.45, 2.75) is 57.5 Å². The van der Waals surface area contributed by atoms with E-state index < -0.39 is 6.04 Å². The fraction of sp³-hybridized carbons (Fsp3) is 0.588. The molecule has 0 aromatic carbocycles. The van der Waals surface area contributed by atoms with Crippen molar-refractivity contribution in [3.63, 3.8) is 0 Å². The maximum absolute atomic E-state index is 12.0. The Balaban J connectivity index is 1.65. The molecule has 0 aliphatic heterocycles. The molecule has 1 saturated carbocycles. The third-order valence-electron chi connectivity index (χ3n) is 4.16. The summed E-state index contributed by atoms with van der Waals surface area (Å²) in [5.74, 6) is -0.616. The van der Waals surface area contributed by atoms with Crippen molar-refractivity contribution in [1.82, 2.24) is 16.0 Å². The molecule has 0 saturated heterocycles. The van der Waals surface area contributed by atoms with Crippen LogP contribution in [0.5, 0.6) is 0 Å². The molecule has 3 amide bonds. The number of carbonyl (C=O) groups excluding carboxylic acids is 3. The Morgan fingerprint density at radius 3 is 2.60 bits per heavy atom. The van der Waals surface area contributed by atoms with Crippen molar-refractivity contribution < 1.29 is 14.4 Å². The van der Waals surface area contributed by atoms with Crippen LogP contribution in [0.2, 0.25) is 0 Å². The number of carbonyl (C=O) groups is 3. The maximum atomic E-state index is 12.0. The monoisotopic (exact) mass is 429 g/mol. The second kappa shape index (κ2) is 9.91. The molecule has 2 rings (SSSR count). The highest BCUT2D eigenvalue weighted by Crippen LogP contribution is 2.21. The highest BCUT2D eigenvalue weighted by Gasteiger charge is 2.18. The molecule has 0 bridgehead atoms. The van der Waals surface area contributed by atoms with E-state index in [0.29, 0.717) is 4.88 Å². The molecule has 1 aromatic rings. The van der Waals surface area contributed by atoms with Gasteiger partial charge in [0.2, 0.25) is 11.8 Å². The van der Waals surface area contributed by atoms with Gasteiger partial charge in [-0.05, 0) is 47.8 Å². The smallest absolute Gasteiger partial charge is 0.262 e. The van der Waals surface area contributed by atoms with Crippen LogP contribution in [0.15, 0.2) is 15.9 Å². The van der Waals surface area contributed by atoms with Crippen molar-refractivity contribution in [1.29, 1.82) is 0 Å². The van der Waals surface area contributed by atoms with E-state index in [1.807, 2.05) is 0 Å². The first-order chi connectivity index (χ1) is 12.0. The molecule has 8 heteroatoms. The number of halogens is 1. The first kappa shape index (κ1) is 19.9. The second-order valence-corrected chi connectivity index (χ2v) is 8.71. The molecule has 1 aliphatic rings. The van der Waals surface area contributed by atoms with Gasteiger partial charge in [-0.15, -0.1) is 11.3 Å². The molecule has 1 unspecified atom stereocenters. The van der Waals surface area contributed by atoms with E-state index in [2.05, 4.69) is 31.9 Å². The highest BCUT2D eigenvalue weighted by molar-refractivity contribution is 9.11. The zero-order valence-corrected chi connectivity index (χ0v) is 16.7. The van der Waals surface area contributed by atoms with Crippen molar-refractivity contribution in [2.24, 2.45) is 0 Å². The standard InChI is InChI=1S/C17H24BrN3O3S/c1-11(20-17(24)13-7-8-14(18)25-13)16(23)19-10-9-15(22)21-12-5-3-2-4-6-12/h7-8,11-12H,2-6,9-10H2,1H3,(H,19,23)(H,20,24)(H,21,22). The fourth-order valence-corrected chi connectivity index (χ4v) is 4.06. The van der Waals surface area contributed by atoms with E-state index in [-0.39, 0.29) is 36.7 Å². The summed E-state index contributed by atoms with van der Waals surface area (Å²) < 4.78 is 0.860. The Labute approximate surface area is 160 Å². The summed E-state index contributed by atoms with van der Waals surface area (Å²) in [6.07, 6.45) is 5.91. The van der Waals surface area contributed by atoms with Crippen LogP contribution >= 0.6 is 27.3 Å². The van der Waals surface area contributed by atoms with Gasteiger partial charge in [0.05, 0.1) is 8.66 Å². The van der Waals surface area contributed by atoms with E-state index in [9.17, 15) is 14.4 Å². The van der Waals surface area contributed by atoms with Gasteiger partial charge in [0.25, 0.3) is 5.91 Å². The average Bonchev–Trinajstić information content (AvgIpc) is 3.02. The van der Waals surface area contributed by atoms with Crippen LogP contribution in [-0.4, -0.2) is 36.3 Å². The third kappa shape index (κ3) is 6.78. The molecule has 1 fully saturated rings. The quantitative estimate of drug-likeness (QED) is 0.622.